The highest BCUT2D eigenvalue weighted by Crippen LogP contribution is 2.15. The molecule has 1 atom stereocenters. The van der Waals surface area contributed by atoms with Crippen LogP contribution in [0.2, 0.25) is 0 Å². The third kappa shape index (κ3) is 50.5. The Morgan fingerprint density at radius 3 is 1.18 bits per heavy atom. The molecule has 0 saturated carbocycles. The third-order valence-electron chi connectivity index (χ3n) is 11.8. The first kappa shape index (κ1) is 59.9. The van der Waals surface area contributed by atoms with Crippen LogP contribution in [-0.4, -0.2) is 37.9 Å². The minimum absolute atomic E-state index is 0.0763. The number of carbonyl (C=O) groups excluding carboxylic acids is 2. The molecule has 0 aromatic heterocycles. The van der Waals surface area contributed by atoms with E-state index in [2.05, 4.69) is 69.4 Å². The lowest BCUT2D eigenvalue weighted by atomic mass is 10.0. The van der Waals surface area contributed by atoms with Gasteiger partial charge in [0.2, 0.25) is 0 Å². The van der Waals surface area contributed by atoms with Gasteiger partial charge in [-0.15, -0.1) is 0 Å². The molecule has 5 heteroatoms. The maximum Gasteiger partial charge on any atom is 0.306 e. The molecule has 0 rings (SSSR count). The molecule has 0 aliphatic heterocycles. The molecule has 0 fully saturated rings. The van der Waals surface area contributed by atoms with Crippen molar-refractivity contribution in [1.29, 1.82) is 0 Å². The van der Waals surface area contributed by atoms with Crippen molar-refractivity contribution < 1.29 is 23.8 Å². The SMILES string of the molecule is CC/C=C\C/C=C\C/C=C\CCCCCCCC(=O)OC[C@@H](COCCCCCCCCCCCCCCCCCC)OC(=O)CCCCCCC/C=C\CCCCCCCC. The van der Waals surface area contributed by atoms with Gasteiger partial charge in [-0.05, 0) is 77.0 Å². The fourth-order valence-corrected chi connectivity index (χ4v) is 7.81. The molecule has 5 nitrogen and oxygen atoms in total. The van der Waals surface area contributed by atoms with Gasteiger partial charge in [0.1, 0.15) is 6.61 Å². The van der Waals surface area contributed by atoms with Crippen LogP contribution in [0.1, 0.15) is 278 Å². The highest BCUT2D eigenvalue weighted by atomic mass is 16.6. The van der Waals surface area contributed by atoms with Gasteiger partial charge in [-0.1, -0.05) is 236 Å². The first-order valence-corrected chi connectivity index (χ1v) is 27.2. The van der Waals surface area contributed by atoms with Gasteiger partial charge >= 0.3 is 11.9 Å². The average molecular weight is 869 g/mol. The van der Waals surface area contributed by atoms with Gasteiger partial charge in [-0.25, -0.2) is 0 Å². The number of unbranched alkanes of at least 4 members (excludes halogenated alkanes) is 31. The number of allylic oxidation sites excluding steroid dienone is 8. The van der Waals surface area contributed by atoms with Crippen LogP contribution in [0.3, 0.4) is 0 Å². The highest BCUT2D eigenvalue weighted by Gasteiger charge is 2.17. The second-order valence-electron chi connectivity index (χ2n) is 18.1. The molecule has 62 heavy (non-hydrogen) atoms. The molecule has 0 aromatic carbocycles. The van der Waals surface area contributed by atoms with E-state index in [9.17, 15) is 9.59 Å². The van der Waals surface area contributed by atoms with E-state index in [1.165, 1.54) is 167 Å². The van der Waals surface area contributed by atoms with Gasteiger partial charge in [0.25, 0.3) is 0 Å². The molecule has 0 heterocycles. The zero-order valence-corrected chi connectivity index (χ0v) is 41.6. The van der Waals surface area contributed by atoms with Gasteiger partial charge in [-0.3, -0.25) is 9.59 Å². The lowest BCUT2D eigenvalue weighted by Gasteiger charge is -2.18. The maximum atomic E-state index is 12.8. The predicted molar refractivity (Wildman–Crippen MR) is 270 cm³/mol. The Kier molecular flexibility index (Phi) is 51.4. The number of esters is 2. The second kappa shape index (κ2) is 53.2. The van der Waals surface area contributed by atoms with Gasteiger partial charge in [-0.2, -0.15) is 0 Å². The first-order valence-electron chi connectivity index (χ1n) is 27.2. The lowest BCUT2D eigenvalue weighted by molar-refractivity contribution is -0.163. The fraction of sp³-hybridized carbons (Fsp3) is 0.825. The normalized spacial score (nSPS) is 12.5. The van der Waals surface area contributed by atoms with Crippen molar-refractivity contribution >= 4 is 11.9 Å². The van der Waals surface area contributed by atoms with E-state index in [4.69, 9.17) is 14.2 Å². The second-order valence-corrected chi connectivity index (χ2v) is 18.1. The average Bonchev–Trinajstić information content (AvgIpc) is 3.27. The van der Waals surface area contributed by atoms with Crippen LogP contribution in [0.15, 0.2) is 48.6 Å². The Morgan fingerprint density at radius 2 is 0.726 bits per heavy atom. The van der Waals surface area contributed by atoms with Crippen molar-refractivity contribution in [3.05, 3.63) is 48.6 Å². The standard InChI is InChI=1S/C57H104O5/c1-4-7-10-13-16-19-22-25-28-31-34-37-40-43-46-49-52-60-53-55(62-57(59)51-48-45-42-39-36-33-30-27-24-21-18-15-12-9-6-3)54-61-56(58)50-47-44-41-38-35-32-29-26-23-20-17-14-11-8-5-2/h8,11,17,20,26-27,29-30,55H,4-7,9-10,12-16,18-19,21-25,28,31-54H2,1-3H3/b11-8-,20-17-,29-26-,30-27-/t55-/m1/s1. The van der Waals surface area contributed by atoms with E-state index < -0.39 is 6.10 Å². The summed E-state index contributed by atoms with van der Waals surface area (Å²) in [5.41, 5.74) is 0. The van der Waals surface area contributed by atoms with E-state index in [1.54, 1.807) is 0 Å². The molecule has 0 N–H and O–H groups in total. The molecular formula is C57H104O5. The van der Waals surface area contributed by atoms with Crippen LogP contribution < -0.4 is 0 Å². The molecule has 0 aliphatic rings. The minimum atomic E-state index is -0.544. The first-order chi connectivity index (χ1) is 30.6. The molecule has 0 spiro atoms. The summed E-state index contributed by atoms with van der Waals surface area (Å²) >= 11 is 0. The van der Waals surface area contributed by atoms with Gasteiger partial charge in [0.05, 0.1) is 6.61 Å². The van der Waals surface area contributed by atoms with Crippen molar-refractivity contribution in [2.75, 3.05) is 19.8 Å². The van der Waals surface area contributed by atoms with Crippen molar-refractivity contribution in [2.45, 2.75) is 284 Å². The number of rotatable bonds is 50. The number of hydrogen-bond donors (Lipinski definition) is 0. The van der Waals surface area contributed by atoms with Crippen LogP contribution in [0.5, 0.6) is 0 Å². The molecule has 362 valence electrons. The molecule has 0 unspecified atom stereocenters. The molecule has 0 radical (unpaired) electrons. The monoisotopic (exact) mass is 869 g/mol. The molecule has 0 aromatic rings. The Hall–Kier alpha value is -2.14. The Labute approximate surface area is 386 Å². The van der Waals surface area contributed by atoms with E-state index in [0.717, 1.165) is 77.0 Å². The molecular weight excluding hydrogens is 765 g/mol. The van der Waals surface area contributed by atoms with Gasteiger partial charge in [0, 0.05) is 19.4 Å². The molecule has 0 bridgehead atoms. The predicted octanol–water partition coefficient (Wildman–Crippen LogP) is 18.3. The number of hydrogen-bond acceptors (Lipinski definition) is 5. The Morgan fingerprint density at radius 1 is 0.371 bits per heavy atom. The van der Waals surface area contributed by atoms with E-state index >= 15 is 0 Å². The highest BCUT2D eigenvalue weighted by molar-refractivity contribution is 5.70. The smallest absolute Gasteiger partial charge is 0.306 e. The van der Waals surface area contributed by atoms with Gasteiger partial charge < -0.3 is 14.2 Å². The number of ether oxygens (including phenoxy) is 3. The number of carbonyl (C=O) groups is 2. The Balaban J connectivity index is 4.28. The van der Waals surface area contributed by atoms with Crippen LogP contribution in [0, 0.1) is 0 Å². The van der Waals surface area contributed by atoms with Crippen LogP contribution in [0.25, 0.3) is 0 Å². The van der Waals surface area contributed by atoms with Crippen LogP contribution in [0.4, 0.5) is 0 Å². The summed E-state index contributed by atoms with van der Waals surface area (Å²) in [4.78, 5) is 25.4. The zero-order chi connectivity index (χ0) is 44.9. The summed E-state index contributed by atoms with van der Waals surface area (Å²) in [6, 6.07) is 0. The van der Waals surface area contributed by atoms with E-state index in [-0.39, 0.29) is 25.2 Å². The summed E-state index contributed by atoms with van der Waals surface area (Å²) in [5.74, 6) is -0.414. The summed E-state index contributed by atoms with van der Waals surface area (Å²) in [6.45, 7) is 7.73. The summed E-state index contributed by atoms with van der Waals surface area (Å²) < 4.78 is 17.4. The summed E-state index contributed by atoms with van der Waals surface area (Å²) in [6.07, 6.45) is 65.5. The van der Waals surface area contributed by atoms with Crippen molar-refractivity contribution in [1.82, 2.24) is 0 Å². The third-order valence-corrected chi connectivity index (χ3v) is 11.8. The van der Waals surface area contributed by atoms with Crippen molar-refractivity contribution in [2.24, 2.45) is 0 Å². The van der Waals surface area contributed by atoms with Crippen LogP contribution >= 0.6 is 0 Å². The maximum absolute atomic E-state index is 12.8. The lowest BCUT2D eigenvalue weighted by Crippen LogP contribution is -2.30. The summed E-state index contributed by atoms with van der Waals surface area (Å²) in [7, 11) is 0. The zero-order valence-electron chi connectivity index (χ0n) is 41.6. The minimum Gasteiger partial charge on any atom is -0.462 e. The van der Waals surface area contributed by atoms with Crippen LogP contribution in [-0.2, 0) is 23.8 Å². The largest absolute Gasteiger partial charge is 0.462 e. The van der Waals surface area contributed by atoms with E-state index in [0.29, 0.717) is 19.4 Å². The van der Waals surface area contributed by atoms with E-state index in [1.807, 2.05) is 0 Å². The molecule has 0 aliphatic carbocycles. The molecule has 0 amide bonds. The fourth-order valence-electron chi connectivity index (χ4n) is 7.81. The Bertz CT molecular complexity index is 1030. The summed E-state index contributed by atoms with van der Waals surface area (Å²) in [5, 5.41) is 0. The quantitative estimate of drug-likeness (QED) is 0.0346. The van der Waals surface area contributed by atoms with Crippen molar-refractivity contribution in [3.63, 3.8) is 0 Å². The topological polar surface area (TPSA) is 61.8 Å². The van der Waals surface area contributed by atoms with Crippen molar-refractivity contribution in [3.8, 4) is 0 Å². The van der Waals surface area contributed by atoms with Gasteiger partial charge in [0.15, 0.2) is 6.10 Å². The molecule has 0 saturated heterocycles.